The molecule has 3 fully saturated rings. The first-order valence-corrected chi connectivity index (χ1v) is 13.5. The van der Waals surface area contributed by atoms with E-state index in [1.54, 1.807) is 6.92 Å². The fraction of sp³-hybridized carbons (Fsp3) is 0.682. The third-order valence-electron chi connectivity index (χ3n) is 7.48. The number of piperidine rings is 1. The van der Waals surface area contributed by atoms with Crippen LogP contribution in [-0.2, 0) is 10.2 Å². The van der Waals surface area contributed by atoms with E-state index in [0.717, 1.165) is 14.9 Å². The second kappa shape index (κ2) is 9.13. The first-order chi connectivity index (χ1) is 17.3. The number of hydrogen-bond donors (Lipinski definition) is 2. The Kier molecular flexibility index (Phi) is 6.48. The molecule has 15 heteroatoms. The Labute approximate surface area is 210 Å². The number of halogens is 4. The summed E-state index contributed by atoms with van der Waals surface area (Å²) >= 11 is 0. The lowest BCUT2D eigenvalue weighted by Crippen LogP contribution is -2.62. The molecule has 0 radical (unpaired) electrons. The van der Waals surface area contributed by atoms with Crippen molar-refractivity contribution in [1.82, 2.24) is 23.1 Å². The third-order valence-corrected chi connectivity index (χ3v) is 9.41. The van der Waals surface area contributed by atoms with Crippen LogP contribution in [-0.4, -0.2) is 80.4 Å². The Morgan fingerprint density at radius 3 is 2.41 bits per heavy atom. The fourth-order valence-corrected chi connectivity index (χ4v) is 7.11. The maximum Gasteiger partial charge on any atom is 0.282 e. The van der Waals surface area contributed by atoms with Crippen LogP contribution in [0.5, 0.6) is 0 Å². The number of hydrogen-bond acceptors (Lipinski definition) is 7. The quantitative estimate of drug-likeness (QED) is 0.532. The molecule has 1 saturated carbocycles. The molecular weight excluding hydrogens is 520 g/mol. The highest BCUT2D eigenvalue weighted by Crippen LogP contribution is 2.40. The molecule has 37 heavy (non-hydrogen) atoms. The second-order valence-corrected chi connectivity index (χ2v) is 12.2. The van der Waals surface area contributed by atoms with Crippen LogP contribution in [0.1, 0.15) is 57.1 Å². The van der Waals surface area contributed by atoms with Crippen molar-refractivity contribution in [2.24, 2.45) is 0 Å². The molecular formula is C22H28F4N6O4S. The molecule has 0 unspecified atom stereocenters. The molecule has 0 amide bonds. The number of fused-ring (bicyclic) bond motifs is 1. The number of anilines is 1. The smallest absolute Gasteiger partial charge is 0.282 e. The Morgan fingerprint density at radius 1 is 1.16 bits per heavy atom. The average molecular weight is 549 g/mol. The van der Waals surface area contributed by atoms with Crippen molar-refractivity contribution in [3.63, 3.8) is 0 Å². The molecule has 2 aromatic heterocycles. The zero-order valence-electron chi connectivity index (χ0n) is 20.1. The topological polar surface area (TPSA) is 121 Å². The second-order valence-electron chi connectivity index (χ2n) is 10.3. The minimum Gasteiger partial charge on any atom is -0.388 e. The van der Waals surface area contributed by atoms with Gasteiger partial charge in [-0.05, 0) is 45.1 Å². The largest absolute Gasteiger partial charge is 0.388 e. The van der Waals surface area contributed by atoms with Gasteiger partial charge in [0.2, 0.25) is 5.95 Å². The van der Waals surface area contributed by atoms with Gasteiger partial charge in [-0.3, -0.25) is 9.36 Å². The standard InChI is InChI=1S/C22H28F4N6O4S/c1-21(34)6-2-3-16(21)32-18-13(9-15(17(23)24)19(32)33)10-27-20(29-18)28-14-4-7-30(8-5-14)37(35,36)31-11-22(25,26)12-31/h9-10,14,16-17,34H,2-8,11-12H2,1H3,(H,27,28,29)/t16-,21-/m1/s1. The minimum atomic E-state index is -3.96. The van der Waals surface area contributed by atoms with E-state index in [-0.39, 0.29) is 36.1 Å². The van der Waals surface area contributed by atoms with Crippen LogP contribution in [0.25, 0.3) is 11.0 Å². The van der Waals surface area contributed by atoms with Crippen molar-refractivity contribution in [1.29, 1.82) is 0 Å². The van der Waals surface area contributed by atoms with Crippen LogP contribution in [0, 0.1) is 0 Å². The molecule has 10 nitrogen and oxygen atoms in total. The number of rotatable bonds is 6. The number of alkyl halides is 4. The Bertz CT molecular complexity index is 1350. The van der Waals surface area contributed by atoms with Crippen LogP contribution in [0.3, 0.4) is 0 Å². The van der Waals surface area contributed by atoms with Gasteiger partial charge < -0.3 is 10.4 Å². The van der Waals surface area contributed by atoms with E-state index in [0.29, 0.717) is 32.1 Å². The summed E-state index contributed by atoms with van der Waals surface area (Å²) in [6.45, 7) is 0.163. The summed E-state index contributed by atoms with van der Waals surface area (Å²) in [5.74, 6) is -2.87. The van der Waals surface area contributed by atoms with Gasteiger partial charge in [-0.1, -0.05) is 0 Å². The van der Waals surface area contributed by atoms with E-state index in [2.05, 4.69) is 15.3 Å². The first kappa shape index (κ1) is 26.3. The van der Waals surface area contributed by atoms with E-state index in [1.807, 2.05) is 0 Å². The molecule has 2 atom stereocenters. The predicted octanol–water partition coefficient (Wildman–Crippen LogP) is 2.28. The molecule has 5 rings (SSSR count). The first-order valence-electron chi connectivity index (χ1n) is 12.1. The van der Waals surface area contributed by atoms with Gasteiger partial charge in [-0.2, -0.15) is 22.0 Å². The predicted molar refractivity (Wildman–Crippen MR) is 126 cm³/mol. The molecule has 2 saturated heterocycles. The van der Waals surface area contributed by atoms with Crippen LogP contribution in [0.4, 0.5) is 23.5 Å². The minimum absolute atomic E-state index is 0.114. The van der Waals surface area contributed by atoms with Gasteiger partial charge in [0.25, 0.3) is 28.1 Å². The van der Waals surface area contributed by atoms with Crippen molar-refractivity contribution in [3.05, 3.63) is 28.2 Å². The van der Waals surface area contributed by atoms with Gasteiger partial charge in [0.1, 0.15) is 5.65 Å². The highest BCUT2D eigenvalue weighted by molar-refractivity contribution is 7.86. The Morgan fingerprint density at radius 2 is 1.84 bits per heavy atom. The number of aromatic nitrogens is 3. The normalized spacial score (nSPS) is 27.6. The monoisotopic (exact) mass is 548 g/mol. The molecule has 1 aliphatic carbocycles. The maximum absolute atomic E-state index is 13.6. The van der Waals surface area contributed by atoms with Gasteiger partial charge >= 0.3 is 0 Å². The molecule has 2 aromatic rings. The molecule has 0 spiro atoms. The summed E-state index contributed by atoms with van der Waals surface area (Å²) in [6.07, 6.45) is 0.515. The zero-order chi connectivity index (χ0) is 26.8. The summed E-state index contributed by atoms with van der Waals surface area (Å²) in [7, 11) is -3.96. The fourth-order valence-electron chi connectivity index (χ4n) is 5.40. The zero-order valence-corrected chi connectivity index (χ0v) is 20.9. The molecule has 204 valence electrons. The van der Waals surface area contributed by atoms with Gasteiger partial charge in [0.05, 0.1) is 30.3 Å². The summed E-state index contributed by atoms with van der Waals surface area (Å²) in [4.78, 5) is 21.7. The molecule has 4 heterocycles. The van der Waals surface area contributed by atoms with Gasteiger partial charge in [0.15, 0.2) is 0 Å². The number of nitrogens with one attached hydrogen (secondary N) is 1. The number of nitrogens with zero attached hydrogens (tertiary/aromatic N) is 5. The molecule has 2 N–H and O–H groups in total. The van der Waals surface area contributed by atoms with Crippen LogP contribution in [0.15, 0.2) is 17.1 Å². The molecule has 0 bridgehead atoms. The Balaban J connectivity index is 1.37. The van der Waals surface area contributed by atoms with E-state index in [1.165, 1.54) is 10.5 Å². The Hall–Kier alpha value is -2.36. The van der Waals surface area contributed by atoms with E-state index in [4.69, 9.17) is 0 Å². The lowest BCUT2D eigenvalue weighted by Gasteiger charge is -2.42. The van der Waals surface area contributed by atoms with Gasteiger partial charge in [-0.25, -0.2) is 22.5 Å². The number of pyridine rings is 1. The summed E-state index contributed by atoms with van der Waals surface area (Å²) < 4.78 is 81.7. The van der Waals surface area contributed by atoms with Crippen molar-refractivity contribution >= 4 is 27.2 Å². The number of aliphatic hydroxyl groups is 1. The average Bonchev–Trinajstić information content (AvgIpc) is 3.15. The van der Waals surface area contributed by atoms with Gasteiger partial charge in [0, 0.05) is 30.7 Å². The summed E-state index contributed by atoms with van der Waals surface area (Å²) in [5, 5.41) is 14.2. The molecule has 0 aromatic carbocycles. The van der Waals surface area contributed by atoms with E-state index in [9.17, 15) is 35.9 Å². The maximum atomic E-state index is 13.6. The van der Waals surface area contributed by atoms with E-state index >= 15 is 0 Å². The molecule has 2 aliphatic heterocycles. The molecule has 3 aliphatic rings. The van der Waals surface area contributed by atoms with Crippen molar-refractivity contribution in [2.45, 2.75) is 69.1 Å². The van der Waals surface area contributed by atoms with Gasteiger partial charge in [-0.15, -0.1) is 0 Å². The van der Waals surface area contributed by atoms with Crippen LogP contribution >= 0.6 is 0 Å². The highest BCUT2D eigenvalue weighted by atomic mass is 32.2. The SMILES string of the molecule is C[C@@]1(O)CCC[C@H]1n1c(=O)c(C(F)F)cc2cnc(NC3CCN(S(=O)(=O)N4CC(F)(F)C4)CC3)nc21. The van der Waals surface area contributed by atoms with Crippen molar-refractivity contribution in [3.8, 4) is 0 Å². The lowest BCUT2D eigenvalue weighted by molar-refractivity contribution is -0.0965. The lowest BCUT2D eigenvalue weighted by atomic mass is 9.99. The van der Waals surface area contributed by atoms with E-state index < -0.39 is 58.4 Å². The van der Waals surface area contributed by atoms with Crippen LogP contribution < -0.4 is 10.9 Å². The van der Waals surface area contributed by atoms with Crippen LogP contribution in [0.2, 0.25) is 0 Å². The van der Waals surface area contributed by atoms with Crippen molar-refractivity contribution < 1.29 is 31.1 Å². The van der Waals surface area contributed by atoms with Crippen molar-refractivity contribution in [2.75, 3.05) is 31.5 Å². The summed E-state index contributed by atoms with van der Waals surface area (Å²) in [5.41, 5.74) is -2.74. The summed E-state index contributed by atoms with van der Waals surface area (Å²) in [6, 6.07) is 0.0951. The highest BCUT2D eigenvalue weighted by Gasteiger charge is 2.51. The third kappa shape index (κ3) is 4.81.